The van der Waals surface area contributed by atoms with Crippen molar-refractivity contribution in [2.45, 2.75) is 44.6 Å². The molecule has 9 heteroatoms. The predicted octanol–water partition coefficient (Wildman–Crippen LogP) is 4.46. The highest BCUT2D eigenvalue weighted by Crippen LogP contribution is 2.29. The lowest BCUT2D eigenvalue weighted by Crippen LogP contribution is -2.38. The quantitative estimate of drug-likeness (QED) is 0.464. The van der Waals surface area contributed by atoms with Crippen molar-refractivity contribution in [2.24, 2.45) is 0 Å². The van der Waals surface area contributed by atoms with E-state index in [9.17, 15) is 9.18 Å². The molecule has 1 aliphatic rings. The number of nitrogens with one attached hydrogen (secondary N) is 1. The van der Waals surface area contributed by atoms with Gasteiger partial charge in [0.1, 0.15) is 5.82 Å². The van der Waals surface area contributed by atoms with Gasteiger partial charge in [-0.2, -0.15) is 0 Å². The van der Waals surface area contributed by atoms with Crippen LogP contribution in [0, 0.1) is 26.6 Å². The fourth-order valence-electron chi connectivity index (χ4n) is 4.27. The lowest BCUT2D eigenvalue weighted by molar-refractivity contribution is -0.115. The zero-order valence-corrected chi connectivity index (χ0v) is 21.5. The monoisotopic (exact) mass is 497 g/mol. The topological polar surface area (TPSA) is 72.3 Å². The number of nitrogens with zero attached hydrogens (tertiary/aromatic N) is 4. The maximum atomic E-state index is 13.5. The van der Waals surface area contributed by atoms with Crippen LogP contribution < -0.4 is 5.32 Å². The molecule has 0 aliphatic carbocycles. The maximum absolute atomic E-state index is 13.5. The molecule has 1 aliphatic heterocycles. The second-order valence-electron chi connectivity index (χ2n) is 8.94. The van der Waals surface area contributed by atoms with Crippen LogP contribution in [0.3, 0.4) is 0 Å². The number of carbonyl (C=O) groups excluding carboxylic acids is 1. The van der Waals surface area contributed by atoms with Crippen LogP contribution in [-0.4, -0.2) is 63.7 Å². The van der Waals surface area contributed by atoms with Crippen molar-refractivity contribution in [1.29, 1.82) is 0 Å². The molecule has 0 spiro atoms. The summed E-state index contributed by atoms with van der Waals surface area (Å²) in [6.07, 6.45) is 0. The molecular formula is C26H32FN5O2S. The van der Waals surface area contributed by atoms with Gasteiger partial charge in [0.05, 0.1) is 18.5 Å². The maximum Gasteiger partial charge on any atom is 0.237 e. The number of hydrogen-bond donors (Lipinski definition) is 1. The molecule has 35 heavy (non-hydrogen) atoms. The highest BCUT2D eigenvalue weighted by atomic mass is 32.2. The highest BCUT2D eigenvalue weighted by molar-refractivity contribution is 8.00. The first-order chi connectivity index (χ1) is 16.8. The van der Waals surface area contributed by atoms with E-state index in [4.69, 9.17) is 4.74 Å². The fraction of sp³-hybridized carbons (Fsp3) is 0.423. The van der Waals surface area contributed by atoms with Crippen molar-refractivity contribution < 1.29 is 13.9 Å². The molecule has 1 atom stereocenters. The number of aromatic nitrogens is 3. The van der Waals surface area contributed by atoms with Gasteiger partial charge in [-0.15, -0.1) is 10.2 Å². The van der Waals surface area contributed by atoms with E-state index in [0.717, 1.165) is 55.2 Å². The first kappa shape index (κ1) is 25.3. The van der Waals surface area contributed by atoms with Gasteiger partial charge >= 0.3 is 0 Å². The number of hydrogen-bond acceptors (Lipinski definition) is 6. The van der Waals surface area contributed by atoms with Gasteiger partial charge in [0, 0.05) is 37.4 Å². The van der Waals surface area contributed by atoms with Crippen LogP contribution in [0.25, 0.3) is 11.4 Å². The summed E-state index contributed by atoms with van der Waals surface area (Å²) in [4.78, 5) is 15.4. The summed E-state index contributed by atoms with van der Waals surface area (Å²) in [7, 11) is 0. The van der Waals surface area contributed by atoms with Crippen LogP contribution in [0.1, 0.15) is 23.6 Å². The third kappa shape index (κ3) is 6.28. The summed E-state index contributed by atoms with van der Waals surface area (Å²) in [5.74, 6) is 0.282. The molecule has 1 amide bonds. The van der Waals surface area contributed by atoms with Crippen molar-refractivity contribution in [3.05, 3.63) is 58.9 Å². The van der Waals surface area contributed by atoms with Crippen molar-refractivity contribution in [2.75, 3.05) is 38.2 Å². The molecule has 1 unspecified atom stereocenters. The van der Waals surface area contributed by atoms with E-state index in [1.807, 2.05) is 32.3 Å². The molecule has 2 heterocycles. The third-order valence-corrected chi connectivity index (χ3v) is 7.22. The molecule has 186 valence electrons. The van der Waals surface area contributed by atoms with Gasteiger partial charge in [-0.3, -0.25) is 9.69 Å². The number of anilines is 1. The molecule has 0 saturated carbocycles. The molecule has 2 aromatic carbocycles. The van der Waals surface area contributed by atoms with Crippen molar-refractivity contribution >= 4 is 23.4 Å². The van der Waals surface area contributed by atoms with E-state index in [2.05, 4.69) is 32.5 Å². The van der Waals surface area contributed by atoms with E-state index in [1.54, 1.807) is 12.1 Å². The number of aryl methyl sites for hydroxylation is 3. The van der Waals surface area contributed by atoms with Crippen LogP contribution >= 0.6 is 11.8 Å². The molecule has 4 rings (SSSR count). The minimum atomic E-state index is -0.387. The van der Waals surface area contributed by atoms with E-state index in [-0.39, 0.29) is 17.0 Å². The predicted molar refractivity (Wildman–Crippen MR) is 137 cm³/mol. The molecule has 0 radical (unpaired) electrons. The second-order valence-corrected chi connectivity index (χ2v) is 10.2. The zero-order valence-electron chi connectivity index (χ0n) is 20.7. The number of thioether (sulfide) groups is 1. The summed E-state index contributed by atoms with van der Waals surface area (Å²) in [5, 5.41) is 12.2. The summed E-state index contributed by atoms with van der Waals surface area (Å²) < 4.78 is 21.0. The normalized spacial score (nSPS) is 15.2. The zero-order chi connectivity index (χ0) is 24.9. The summed E-state index contributed by atoms with van der Waals surface area (Å²) in [6, 6.07) is 10.4. The number of halogens is 1. The highest BCUT2D eigenvalue weighted by Gasteiger charge is 2.23. The van der Waals surface area contributed by atoms with Gasteiger partial charge < -0.3 is 14.6 Å². The molecular weight excluding hydrogens is 465 g/mol. The summed E-state index contributed by atoms with van der Waals surface area (Å²) in [5.41, 5.74) is 4.90. The van der Waals surface area contributed by atoms with Gasteiger partial charge in [-0.05, 0) is 63.1 Å². The van der Waals surface area contributed by atoms with Gasteiger partial charge in [0.15, 0.2) is 11.0 Å². The lowest BCUT2D eigenvalue weighted by atomic mass is 10.1. The first-order valence-electron chi connectivity index (χ1n) is 11.9. The van der Waals surface area contributed by atoms with Gasteiger partial charge in [0.25, 0.3) is 0 Å². The largest absolute Gasteiger partial charge is 0.379 e. The average molecular weight is 498 g/mol. The van der Waals surface area contributed by atoms with Gasteiger partial charge in [-0.25, -0.2) is 4.39 Å². The summed E-state index contributed by atoms with van der Waals surface area (Å²) >= 11 is 1.38. The minimum Gasteiger partial charge on any atom is -0.379 e. The van der Waals surface area contributed by atoms with E-state index >= 15 is 0 Å². The van der Waals surface area contributed by atoms with Crippen LogP contribution in [0.15, 0.2) is 41.6 Å². The first-order valence-corrected chi connectivity index (χ1v) is 12.7. The number of amides is 1. The molecule has 1 N–H and O–H groups in total. The average Bonchev–Trinajstić information content (AvgIpc) is 3.23. The Hall–Kier alpha value is -2.75. The molecule has 1 fully saturated rings. The van der Waals surface area contributed by atoms with E-state index < -0.39 is 0 Å². The third-order valence-electron chi connectivity index (χ3n) is 6.14. The number of carbonyl (C=O) groups is 1. The van der Waals surface area contributed by atoms with Crippen LogP contribution in [0.5, 0.6) is 0 Å². The Morgan fingerprint density at radius 3 is 2.40 bits per heavy atom. The Morgan fingerprint density at radius 2 is 1.74 bits per heavy atom. The van der Waals surface area contributed by atoms with Crippen LogP contribution in [0.4, 0.5) is 10.1 Å². The number of rotatable bonds is 8. The van der Waals surface area contributed by atoms with E-state index in [1.165, 1.54) is 29.5 Å². The van der Waals surface area contributed by atoms with Crippen LogP contribution in [0.2, 0.25) is 0 Å². The fourth-order valence-corrected chi connectivity index (χ4v) is 5.14. The SMILES string of the molecule is Cc1cc(C)c(NC(=O)C(C)Sc2nnc(-c3ccc(F)cc3)n2CCN2CCOCC2)c(C)c1. The van der Waals surface area contributed by atoms with Crippen molar-refractivity contribution in [3.8, 4) is 11.4 Å². The smallest absolute Gasteiger partial charge is 0.237 e. The standard InChI is InChI=1S/C26H32FN5O2S/c1-17-15-18(2)23(19(3)16-17)28-25(33)20(4)35-26-30-29-24(21-5-7-22(27)8-6-21)32(26)10-9-31-11-13-34-14-12-31/h5-8,15-16,20H,9-14H2,1-4H3,(H,28,33). The Kier molecular flexibility index (Phi) is 8.20. The number of ether oxygens (including phenoxy) is 1. The van der Waals surface area contributed by atoms with Crippen LogP contribution in [-0.2, 0) is 16.1 Å². The molecule has 3 aromatic rings. The van der Waals surface area contributed by atoms with Gasteiger partial charge in [0.2, 0.25) is 5.91 Å². The van der Waals surface area contributed by atoms with Crippen molar-refractivity contribution in [3.63, 3.8) is 0 Å². The molecule has 1 aromatic heterocycles. The Labute approximate surface area is 210 Å². The van der Waals surface area contributed by atoms with E-state index in [0.29, 0.717) is 17.5 Å². The Balaban J connectivity index is 1.53. The number of morpholine rings is 1. The van der Waals surface area contributed by atoms with Gasteiger partial charge in [-0.1, -0.05) is 29.5 Å². The Bertz CT molecular complexity index is 1150. The molecule has 1 saturated heterocycles. The molecule has 7 nitrogen and oxygen atoms in total. The number of benzene rings is 2. The minimum absolute atomic E-state index is 0.0869. The molecule has 0 bridgehead atoms. The Morgan fingerprint density at radius 1 is 1.09 bits per heavy atom. The summed E-state index contributed by atoms with van der Waals surface area (Å²) in [6.45, 7) is 12.6. The second kappa shape index (κ2) is 11.3. The van der Waals surface area contributed by atoms with Crippen molar-refractivity contribution in [1.82, 2.24) is 19.7 Å². The lowest BCUT2D eigenvalue weighted by Gasteiger charge is -2.27.